The van der Waals surface area contributed by atoms with E-state index in [4.69, 9.17) is 4.52 Å². The predicted octanol–water partition coefficient (Wildman–Crippen LogP) is 1.41. The van der Waals surface area contributed by atoms with Crippen LogP contribution in [0, 0.1) is 19.8 Å². The van der Waals surface area contributed by atoms with Crippen molar-refractivity contribution >= 4 is 5.91 Å². The van der Waals surface area contributed by atoms with E-state index in [9.17, 15) is 4.79 Å². The molecule has 1 N–H and O–H groups in total. The fourth-order valence-electron chi connectivity index (χ4n) is 2.89. The normalized spacial score (nSPS) is 17.5. The lowest BCUT2D eigenvalue weighted by molar-refractivity contribution is -0.125. The third kappa shape index (κ3) is 2.84. The second kappa shape index (κ2) is 5.71. The monoisotopic (exact) mass is 288 g/mol. The van der Waals surface area contributed by atoms with E-state index in [0.29, 0.717) is 6.54 Å². The highest BCUT2D eigenvalue weighted by Crippen LogP contribution is 2.19. The minimum Gasteiger partial charge on any atom is -0.361 e. The zero-order chi connectivity index (χ0) is 14.8. The Hall–Kier alpha value is -2.11. The quantitative estimate of drug-likeness (QED) is 0.923. The minimum absolute atomic E-state index is 0.0320. The van der Waals surface area contributed by atoms with Crippen LogP contribution >= 0.6 is 0 Å². The van der Waals surface area contributed by atoms with Crippen LogP contribution in [0.15, 0.2) is 16.9 Å². The van der Waals surface area contributed by atoms with Crippen molar-refractivity contribution in [1.82, 2.24) is 20.0 Å². The molecule has 1 atom stereocenters. The molecule has 6 heteroatoms. The summed E-state index contributed by atoms with van der Waals surface area (Å²) in [5.74, 6) is 1.99. The lowest BCUT2D eigenvalue weighted by Crippen LogP contribution is -2.36. The van der Waals surface area contributed by atoms with Crippen LogP contribution in [0.1, 0.15) is 29.3 Å². The smallest absolute Gasteiger partial charge is 0.223 e. The molecular formula is C15H20N4O2. The molecule has 0 fully saturated rings. The standard InChI is InChI=1S/C15H20N4O2/c1-10-13(11(2)21-18-10)3-5-17-15(20)12-4-7-19-8-6-16-14(19)9-12/h6,8,12H,3-5,7,9H2,1-2H3,(H,17,20). The van der Waals surface area contributed by atoms with Gasteiger partial charge in [0.05, 0.1) is 5.69 Å². The van der Waals surface area contributed by atoms with E-state index in [2.05, 4.69) is 20.0 Å². The van der Waals surface area contributed by atoms with Gasteiger partial charge in [0, 0.05) is 43.4 Å². The Balaban J connectivity index is 1.51. The van der Waals surface area contributed by atoms with Gasteiger partial charge in [0.25, 0.3) is 0 Å². The average molecular weight is 288 g/mol. The van der Waals surface area contributed by atoms with Gasteiger partial charge in [-0.2, -0.15) is 0 Å². The number of nitrogens with one attached hydrogen (secondary N) is 1. The fourth-order valence-corrected chi connectivity index (χ4v) is 2.89. The van der Waals surface area contributed by atoms with Crippen molar-refractivity contribution < 1.29 is 9.32 Å². The maximum absolute atomic E-state index is 12.2. The highest BCUT2D eigenvalue weighted by atomic mass is 16.5. The van der Waals surface area contributed by atoms with E-state index in [1.807, 2.05) is 20.0 Å². The Kier molecular flexibility index (Phi) is 3.77. The summed E-state index contributed by atoms with van der Waals surface area (Å²) in [6.45, 7) is 5.32. The molecule has 3 rings (SSSR count). The molecule has 0 saturated heterocycles. The van der Waals surface area contributed by atoms with Gasteiger partial charge in [-0.1, -0.05) is 5.16 Å². The highest BCUT2D eigenvalue weighted by molar-refractivity contribution is 5.79. The molecule has 3 heterocycles. The summed E-state index contributed by atoms with van der Waals surface area (Å²) in [5.41, 5.74) is 2.00. The summed E-state index contributed by atoms with van der Waals surface area (Å²) < 4.78 is 7.24. The summed E-state index contributed by atoms with van der Waals surface area (Å²) in [6, 6.07) is 0. The first-order valence-corrected chi connectivity index (χ1v) is 7.34. The van der Waals surface area contributed by atoms with Crippen LogP contribution < -0.4 is 5.32 Å². The number of nitrogens with zero attached hydrogens (tertiary/aromatic N) is 3. The maximum atomic E-state index is 12.2. The molecule has 6 nitrogen and oxygen atoms in total. The molecule has 0 aliphatic carbocycles. The largest absolute Gasteiger partial charge is 0.361 e. The molecule has 0 spiro atoms. The molecule has 2 aromatic rings. The van der Waals surface area contributed by atoms with E-state index in [1.54, 1.807) is 6.20 Å². The van der Waals surface area contributed by atoms with Gasteiger partial charge in [-0.3, -0.25) is 4.79 Å². The van der Waals surface area contributed by atoms with Crippen molar-refractivity contribution in [3.8, 4) is 0 Å². The molecule has 0 bridgehead atoms. The number of amides is 1. The summed E-state index contributed by atoms with van der Waals surface area (Å²) in [7, 11) is 0. The number of hydrogen-bond acceptors (Lipinski definition) is 4. The van der Waals surface area contributed by atoms with E-state index in [0.717, 1.165) is 48.6 Å². The lowest BCUT2D eigenvalue weighted by Gasteiger charge is -2.22. The Morgan fingerprint density at radius 2 is 2.38 bits per heavy atom. The van der Waals surface area contributed by atoms with Gasteiger partial charge in [0.2, 0.25) is 5.91 Å². The molecular weight excluding hydrogens is 268 g/mol. The van der Waals surface area contributed by atoms with Crippen LogP contribution in [0.2, 0.25) is 0 Å². The van der Waals surface area contributed by atoms with Gasteiger partial charge in [0.15, 0.2) is 0 Å². The molecule has 1 aliphatic rings. The van der Waals surface area contributed by atoms with Crippen LogP contribution in [-0.2, 0) is 24.2 Å². The van der Waals surface area contributed by atoms with Crippen molar-refractivity contribution in [3.63, 3.8) is 0 Å². The third-order valence-electron chi connectivity index (χ3n) is 4.18. The van der Waals surface area contributed by atoms with Gasteiger partial charge < -0.3 is 14.4 Å². The number of carbonyl (C=O) groups is 1. The third-order valence-corrected chi connectivity index (χ3v) is 4.18. The van der Waals surface area contributed by atoms with Crippen LogP contribution in [0.25, 0.3) is 0 Å². The lowest BCUT2D eigenvalue weighted by atomic mass is 9.97. The van der Waals surface area contributed by atoms with Crippen LogP contribution in [0.3, 0.4) is 0 Å². The van der Waals surface area contributed by atoms with Crippen molar-refractivity contribution in [3.05, 3.63) is 35.2 Å². The van der Waals surface area contributed by atoms with Crippen molar-refractivity contribution in [1.29, 1.82) is 0 Å². The molecule has 0 aromatic carbocycles. The van der Waals surface area contributed by atoms with Crippen molar-refractivity contribution in [2.45, 2.75) is 39.7 Å². The average Bonchev–Trinajstić information content (AvgIpc) is 3.07. The Bertz CT molecular complexity index is 624. The molecule has 0 radical (unpaired) electrons. The number of aryl methyl sites for hydroxylation is 3. The van der Waals surface area contributed by atoms with Crippen molar-refractivity contribution in [2.75, 3.05) is 6.54 Å². The van der Waals surface area contributed by atoms with E-state index < -0.39 is 0 Å². The molecule has 21 heavy (non-hydrogen) atoms. The SMILES string of the molecule is Cc1noc(C)c1CCNC(=O)C1CCn2ccnc2C1. The Morgan fingerprint density at radius 1 is 1.52 bits per heavy atom. The number of rotatable bonds is 4. The summed E-state index contributed by atoms with van der Waals surface area (Å²) in [5, 5.41) is 6.95. The number of fused-ring (bicyclic) bond motifs is 1. The number of hydrogen-bond donors (Lipinski definition) is 1. The van der Waals surface area contributed by atoms with Crippen LogP contribution in [0.4, 0.5) is 0 Å². The minimum atomic E-state index is 0.0320. The van der Waals surface area contributed by atoms with E-state index >= 15 is 0 Å². The predicted molar refractivity (Wildman–Crippen MR) is 76.7 cm³/mol. The van der Waals surface area contributed by atoms with Gasteiger partial charge >= 0.3 is 0 Å². The first kappa shape index (κ1) is 13.9. The summed E-state index contributed by atoms with van der Waals surface area (Å²) >= 11 is 0. The maximum Gasteiger partial charge on any atom is 0.223 e. The number of carbonyl (C=O) groups excluding carboxylic acids is 1. The molecule has 1 amide bonds. The zero-order valence-corrected chi connectivity index (χ0v) is 12.4. The molecule has 0 saturated carbocycles. The van der Waals surface area contributed by atoms with E-state index in [1.165, 1.54) is 0 Å². The second-order valence-corrected chi connectivity index (χ2v) is 5.57. The number of aromatic nitrogens is 3. The molecule has 2 aromatic heterocycles. The summed E-state index contributed by atoms with van der Waals surface area (Å²) in [4.78, 5) is 16.5. The molecule has 112 valence electrons. The van der Waals surface area contributed by atoms with E-state index in [-0.39, 0.29) is 11.8 Å². The molecule has 1 aliphatic heterocycles. The van der Waals surface area contributed by atoms with Gasteiger partial charge in [-0.25, -0.2) is 4.98 Å². The zero-order valence-electron chi connectivity index (χ0n) is 12.4. The Labute approximate surface area is 123 Å². The van der Waals surface area contributed by atoms with Crippen molar-refractivity contribution in [2.24, 2.45) is 5.92 Å². The topological polar surface area (TPSA) is 73.0 Å². The molecule has 1 unspecified atom stereocenters. The van der Waals surface area contributed by atoms with Crippen LogP contribution in [0.5, 0.6) is 0 Å². The second-order valence-electron chi connectivity index (χ2n) is 5.57. The van der Waals surface area contributed by atoms with Crippen LogP contribution in [-0.4, -0.2) is 27.2 Å². The van der Waals surface area contributed by atoms with Gasteiger partial charge in [-0.05, 0) is 26.7 Å². The summed E-state index contributed by atoms with van der Waals surface area (Å²) in [6.07, 6.45) is 6.13. The first-order valence-electron chi connectivity index (χ1n) is 7.34. The first-order chi connectivity index (χ1) is 10.1. The fraction of sp³-hybridized carbons (Fsp3) is 0.533. The number of imidazole rings is 1. The Morgan fingerprint density at radius 3 is 3.14 bits per heavy atom. The highest BCUT2D eigenvalue weighted by Gasteiger charge is 2.25. The van der Waals surface area contributed by atoms with Gasteiger partial charge in [0.1, 0.15) is 11.6 Å². The van der Waals surface area contributed by atoms with Gasteiger partial charge in [-0.15, -0.1) is 0 Å².